The Morgan fingerprint density at radius 2 is 2.15 bits per heavy atom. The number of amides is 1. The highest BCUT2D eigenvalue weighted by atomic mass is 16.5. The first-order valence-electron chi connectivity index (χ1n) is 6.94. The van der Waals surface area contributed by atoms with E-state index in [0.717, 1.165) is 0 Å². The van der Waals surface area contributed by atoms with E-state index in [0.29, 0.717) is 49.4 Å². The summed E-state index contributed by atoms with van der Waals surface area (Å²) in [5, 5.41) is 20.6. The molecule has 1 saturated heterocycles. The summed E-state index contributed by atoms with van der Waals surface area (Å²) in [4.78, 5) is 12.5. The summed E-state index contributed by atoms with van der Waals surface area (Å²) < 4.78 is 5.29. The van der Waals surface area contributed by atoms with Crippen LogP contribution in [0.3, 0.4) is 0 Å². The molecule has 1 aliphatic heterocycles. The summed E-state index contributed by atoms with van der Waals surface area (Å²) in [6.07, 6.45) is 1.88. The van der Waals surface area contributed by atoms with Gasteiger partial charge < -0.3 is 15.2 Å². The van der Waals surface area contributed by atoms with Crippen LogP contribution in [0, 0.1) is 6.92 Å². The van der Waals surface area contributed by atoms with Crippen LogP contribution in [0.4, 0.5) is 0 Å². The summed E-state index contributed by atoms with van der Waals surface area (Å²) in [6.45, 7) is 4.76. The van der Waals surface area contributed by atoms with Crippen molar-refractivity contribution in [3.05, 3.63) is 23.0 Å². The average Bonchev–Trinajstić information content (AvgIpc) is 2.48. The van der Waals surface area contributed by atoms with Crippen LogP contribution in [0.1, 0.15) is 41.5 Å². The zero-order valence-corrected chi connectivity index (χ0v) is 12.0. The van der Waals surface area contributed by atoms with E-state index in [1.807, 2.05) is 6.92 Å². The number of carbonyl (C=O) groups excluding carboxylic acids is 1. The standard InChI is InChI=1S/C14H21N3O3/c1-3-12-11(8-10(2)16-17-12)13(19)15-14(9-18)4-6-20-7-5-14/h8,18H,3-7,9H2,1-2H3,(H,15,19). The molecular weight excluding hydrogens is 258 g/mol. The summed E-state index contributed by atoms with van der Waals surface area (Å²) in [5.74, 6) is -0.198. The number of aliphatic hydroxyl groups excluding tert-OH is 1. The van der Waals surface area contributed by atoms with E-state index in [4.69, 9.17) is 4.74 Å². The second-order valence-corrected chi connectivity index (χ2v) is 5.20. The molecule has 1 aliphatic rings. The highest BCUT2D eigenvalue weighted by Crippen LogP contribution is 2.21. The minimum Gasteiger partial charge on any atom is -0.394 e. The normalized spacial score (nSPS) is 17.8. The van der Waals surface area contributed by atoms with Crippen LogP contribution < -0.4 is 5.32 Å². The van der Waals surface area contributed by atoms with Crippen molar-refractivity contribution in [3.63, 3.8) is 0 Å². The molecule has 2 rings (SSSR count). The van der Waals surface area contributed by atoms with E-state index < -0.39 is 5.54 Å². The Balaban J connectivity index is 2.20. The first kappa shape index (κ1) is 14.9. The van der Waals surface area contributed by atoms with Gasteiger partial charge in [0, 0.05) is 13.2 Å². The predicted molar refractivity (Wildman–Crippen MR) is 73.5 cm³/mol. The Hall–Kier alpha value is -1.53. The molecule has 6 heteroatoms. The third kappa shape index (κ3) is 3.13. The van der Waals surface area contributed by atoms with Crippen molar-refractivity contribution < 1.29 is 14.6 Å². The van der Waals surface area contributed by atoms with Crippen molar-refractivity contribution in [1.29, 1.82) is 0 Å². The third-order valence-corrected chi connectivity index (χ3v) is 3.70. The molecule has 2 heterocycles. The number of aliphatic hydroxyl groups is 1. The summed E-state index contributed by atoms with van der Waals surface area (Å²) in [6, 6.07) is 1.74. The van der Waals surface area contributed by atoms with Crippen molar-refractivity contribution >= 4 is 5.91 Å². The van der Waals surface area contributed by atoms with Crippen LogP contribution in [-0.4, -0.2) is 46.6 Å². The van der Waals surface area contributed by atoms with E-state index in [1.165, 1.54) is 0 Å². The number of hydrogen-bond acceptors (Lipinski definition) is 5. The fraction of sp³-hybridized carbons (Fsp3) is 0.643. The van der Waals surface area contributed by atoms with E-state index >= 15 is 0 Å². The molecule has 20 heavy (non-hydrogen) atoms. The highest BCUT2D eigenvalue weighted by molar-refractivity contribution is 5.95. The Labute approximate surface area is 118 Å². The van der Waals surface area contributed by atoms with Crippen molar-refractivity contribution in [2.24, 2.45) is 0 Å². The maximum Gasteiger partial charge on any atom is 0.253 e. The molecule has 1 amide bonds. The molecule has 1 fully saturated rings. The lowest BCUT2D eigenvalue weighted by Gasteiger charge is -2.36. The molecule has 0 atom stereocenters. The summed E-state index contributed by atoms with van der Waals surface area (Å²) in [5.41, 5.74) is 1.34. The fourth-order valence-electron chi connectivity index (χ4n) is 2.36. The molecule has 110 valence electrons. The molecule has 0 radical (unpaired) electrons. The van der Waals surface area contributed by atoms with Gasteiger partial charge in [-0.15, -0.1) is 0 Å². The van der Waals surface area contributed by atoms with Gasteiger partial charge in [0.2, 0.25) is 0 Å². The van der Waals surface area contributed by atoms with E-state index in [9.17, 15) is 9.90 Å². The van der Waals surface area contributed by atoms with Crippen LogP contribution in [-0.2, 0) is 11.2 Å². The van der Waals surface area contributed by atoms with Gasteiger partial charge >= 0.3 is 0 Å². The summed E-state index contributed by atoms with van der Waals surface area (Å²) >= 11 is 0. The molecule has 0 spiro atoms. The number of ether oxygens (including phenoxy) is 1. The Bertz CT molecular complexity index is 485. The zero-order chi connectivity index (χ0) is 14.6. The number of rotatable bonds is 4. The van der Waals surface area contributed by atoms with Crippen LogP contribution in [0.5, 0.6) is 0 Å². The van der Waals surface area contributed by atoms with Gasteiger partial charge in [-0.25, -0.2) is 0 Å². The summed E-state index contributed by atoms with van der Waals surface area (Å²) in [7, 11) is 0. The number of nitrogens with one attached hydrogen (secondary N) is 1. The van der Waals surface area contributed by atoms with Gasteiger partial charge in [0.15, 0.2) is 0 Å². The van der Waals surface area contributed by atoms with Gasteiger partial charge in [0.1, 0.15) is 0 Å². The van der Waals surface area contributed by atoms with Gasteiger partial charge in [-0.2, -0.15) is 10.2 Å². The van der Waals surface area contributed by atoms with Gasteiger partial charge in [-0.3, -0.25) is 4.79 Å². The molecule has 2 N–H and O–H groups in total. The molecular formula is C14H21N3O3. The topological polar surface area (TPSA) is 84.3 Å². The molecule has 6 nitrogen and oxygen atoms in total. The molecule has 0 aromatic carbocycles. The fourth-order valence-corrected chi connectivity index (χ4v) is 2.36. The van der Waals surface area contributed by atoms with E-state index in [-0.39, 0.29) is 12.5 Å². The maximum absolute atomic E-state index is 12.5. The highest BCUT2D eigenvalue weighted by Gasteiger charge is 2.34. The Morgan fingerprint density at radius 1 is 1.45 bits per heavy atom. The van der Waals surface area contributed by atoms with Crippen molar-refractivity contribution in [2.75, 3.05) is 19.8 Å². The average molecular weight is 279 g/mol. The SMILES string of the molecule is CCc1nnc(C)cc1C(=O)NC1(CO)CCOCC1. The minimum absolute atomic E-state index is 0.0823. The molecule has 1 aromatic heterocycles. The van der Waals surface area contributed by atoms with Gasteiger partial charge in [-0.05, 0) is 32.3 Å². The second-order valence-electron chi connectivity index (χ2n) is 5.20. The number of aromatic nitrogens is 2. The quantitative estimate of drug-likeness (QED) is 0.844. The maximum atomic E-state index is 12.5. The minimum atomic E-state index is -0.586. The molecule has 0 unspecified atom stereocenters. The lowest BCUT2D eigenvalue weighted by molar-refractivity contribution is 0.0125. The lowest BCUT2D eigenvalue weighted by Crippen LogP contribution is -2.54. The Morgan fingerprint density at radius 3 is 2.75 bits per heavy atom. The van der Waals surface area contributed by atoms with Gasteiger partial charge in [0.05, 0.1) is 29.1 Å². The number of carbonyl (C=O) groups is 1. The molecule has 1 aromatic rings. The van der Waals surface area contributed by atoms with E-state index in [1.54, 1.807) is 13.0 Å². The van der Waals surface area contributed by atoms with Crippen LogP contribution in [0.25, 0.3) is 0 Å². The predicted octanol–water partition coefficient (Wildman–Crippen LogP) is 0.619. The van der Waals surface area contributed by atoms with Gasteiger partial charge in [-0.1, -0.05) is 6.92 Å². The first-order valence-corrected chi connectivity index (χ1v) is 6.94. The second kappa shape index (κ2) is 6.28. The largest absolute Gasteiger partial charge is 0.394 e. The van der Waals surface area contributed by atoms with Crippen molar-refractivity contribution in [1.82, 2.24) is 15.5 Å². The van der Waals surface area contributed by atoms with E-state index in [2.05, 4.69) is 15.5 Å². The smallest absolute Gasteiger partial charge is 0.253 e. The monoisotopic (exact) mass is 279 g/mol. The Kier molecular flexibility index (Phi) is 4.67. The van der Waals surface area contributed by atoms with Crippen molar-refractivity contribution in [3.8, 4) is 0 Å². The molecule has 0 bridgehead atoms. The number of nitrogens with zero attached hydrogens (tertiary/aromatic N) is 2. The first-order chi connectivity index (χ1) is 9.60. The van der Waals surface area contributed by atoms with Crippen LogP contribution in [0.15, 0.2) is 6.07 Å². The third-order valence-electron chi connectivity index (χ3n) is 3.70. The van der Waals surface area contributed by atoms with Gasteiger partial charge in [0.25, 0.3) is 5.91 Å². The molecule has 0 saturated carbocycles. The number of aryl methyl sites for hydroxylation is 2. The zero-order valence-electron chi connectivity index (χ0n) is 12.0. The van der Waals surface area contributed by atoms with Crippen LogP contribution in [0.2, 0.25) is 0 Å². The van der Waals surface area contributed by atoms with Crippen LogP contribution >= 0.6 is 0 Å². The lowest BCUT2D eigenvalue weighted by atomic mass is 9.90. The molecule has 0 aliphatic carbocycles. The van der Waals surface area contributed by atoms with Crippen molar-refractivity contribution in [2.45, 2.75) is 38.6 Å². The number of hydrogen-bond donors (Lipinski definition) is 2.